The van der Waals surface area contributed by atoms with Gasteiger partial charge in [0.1, 0.15) is 0 Å². The first-order chi connectivity index (χ1) is 12.1. The molecule has 1 saturated heterocycles. The molecule has 10 heteroatoms. The number of nitrogens with one attached hydrogen (secondary N) is 1. The number of alkyl halides is 3. The van der Waals surface area contributed by atoms with Crippen LogP contribution in [0, 0.1) is 0 Å². The van der Waals surface area contributed by atoms with Gasteiger partial charge in [0, 0.05) is 19.0 Å². The van der Waals surface area contributed by atoms with E-state index in [9.17, 15) is 21.6 Å². The molecule has 1 fully saturated rings. The van der Waals surface area contributed by atoms with Crippen LogP contribution in [0.1, 0.15) is 11.5 Å². The van der Waals surface area contributed by atoms with Gasteiger partial charge in [-0.1, -0.05) is 6.07 Å². The number of aliphatic carboxylic acids is 1. The molecule has 3 heterocycles. The van der Waals surface area contributed by atoms with Crippen molar-refractivity contribution in [2.45, 2.75) is 22.2 Å². The minimum absolute atomic E-state index is 0.124. The van der Waals surface area contributed by atoms with Crippen molar-refractivity contribution in [3.05, 3.63) is 40.6 Å². The molecular formula is C16H14F3NO4S2. The van der Waals surface area contributed by atoms with Crippen LogP contribution in [0.15, 0.2) is 39.9 Å². The summed E-state index contributed by atoms with van der Waals surface area (Å²) in [7, 11) is -3.13. The van der Waals surface area contributed by atoms with Gasteiger partial charge in [0.05, 0.1) is 10.1 Å². The number of fused-ring (bicyclic) bond motifs is 3. The van der Waals surface area contributed by atoms with Crippen molar-refractivity contribution in [1.29, 1.82) is 0 Å². The second-order valence-corrected chi connectivity index (χ2v) is 8.83. The van der Waals surface area contributed by atoms with Gasteiger partial charge >= 0.3 is 12.1 Å². The second-order valence-electron chi connectivity index (χ2n) is 5.92. The molecule has 0 bridgehead atoms. The molecule has 0 radical (unpaired) electrons. The molecule has 2 aliphatic rings. The molecule has 2 atom stereocenters. The molecule has 5 nitrogen and oxygen atoms in total. The third kappa shape index (κ3) is 3.36. The summed E-state index contributed by atoms with van der Waals surface area (Å²) in [5.41, 5.74) is 3.28. The summed E-state index contributed by atoms with van der Waals surface area (Å²) < 4.78 is 56.6. The average molecular weight is 405 g/mol. The lowest BCUT2D eigenvalue weighted by atomic mass is 9.95. The van der Waals surface area contributed by atoms with E-state index in [1.165, 1.54) is 5.56 Å². The summed E-state index contributed by atoms with van der Waals surface area (Å²) >= 11 is 1.66. The number of halogens is 3. The van der Waals surface area contributed by atoms with Crippen molar-refractivity contribution >= 4 is 27.1 Å². The number of hydrogen-bond donors (Lipinski definition) is 2. The van der Waals surface area contributed by atoms with Crippen LogP contribution in [0.2, 0.25) is 0 Å². The van der Waals surface area contributed by atoms with Crippen LogP contribution >= 0.6 is 11.3 Å². The molecule has 2 aliphatic heterocycles. The van der Waals surface area contributed by atoms with Crippen molar-refractivity contribution in [3.63, 3.8) is 0 Å². The summed E-state index contributed by atoms with van der Waals surface area (Å²) in [5, 5.41) is 14.2. The third-order valence-electron chi connectivity index (χ3n) is 4.37. The Labute approximate surface area is 151 Å². The molecule has 26 heavy (non-hydrogen) atoms. The molecular weight excluding hydrogens is 391 g/mol. The second kappa shape index (κ2) is 6.67. The summed E-state index contributed by atoms with van der Waals surface area (Å²) in [4.78, 5) is 9.44. The smallest absolute Gasteiger partial charge is 0.475 e. The summed E-state index contributed by atoms with van der Waals surface area (Å²) in [6, 6.07) is 7.84. The predicted octanol–water partition coefficient (Wildman–Crippen LogP) is 2.89. The van der Waals surface area contributed by atoms with Crippen LogP contribution in [-0.4, -0.2) is 44.0 Å². The van der Waals surface area contributed by atoms with E-state index in [4.69, 9.17) is 9.90 Å². The maximum atomic E-state index is 12.4. The van der Waals surface area contributed by atoms with E-state index in [0.717, 1.165) is 17.7 Å². The van der Waals surface area contributed by atoms with E-state index in [1.54, 1.807) is 17.4 Å². The van der Waals surface area contributed by atoms with Gasteiger partial charge in [0.15, 0.2) is 9.84 Å². The van der Waals surface area contributed by atoms with Crippen LogP contribution in [0.3, 0.4) is 0 Å². The molecule has 2 aromatic rings. The lowest BCUT2D eigenvalue weighted by molar-refractivity contribution is -0.192. The third-order valence-corrected chi connectivity index (χ3v) is 7.33. The monoisotopic (exact) mass is 405 g/mol. The quantitative estimate of drug-likeness (QED) is 0.762. The number of carboxylic acid groups (broad SMARTS) is 1. The molecule has 1 aromatic carbocycles. The fourth-order valence-electron chi connectivity index (χ4n) is 3.16. The topological polar surface area (TPSA) is 83.5 Å². The van der Waals surface area contributed by atoms with Crippen molar-refractivity contribution in [1.82, 2.24) is 5.32 Å². The number of sulfone groups is 1. The standard InChI is InChI=1S/C14H13NO2S2.C2HF3O2/c16-19(17)13-2-1-9(10-3-4-18-8-10)5-11(13)12-6-15-7-14(12)19;3-2(4,5)1(6)7/h1-5,8,12,14-15H,6-7H2;(H,6,7). The Morgan fingerprint density at radius 3 is 2.46 bits per heavy atom. The van der Waals surface area contributed by atoms with Gasteiger partial charge in [0.2, 0.25) is 0 Å². The number of carboxylic acids is 1. The van der Waals surface area contributed by atoms with Gasteiger partial charge in [-0.15, -0.1) is 0 Å². The highest BCUT2D eigenvalue weighted by atomic mass is 32.2. The lowest BCUT2D eigenvalue weighted by Crippen LogP contribution is -2.22. The summed E-state index contributed by atoms with van der Waals surface area (Å²) in [6.07, 6.45) is -5.08. The average Bonchev–Trinajstić information content (AvgIpc) is 3.28. The van der Waals surface area contributed by atoms with Crippen LogP contribution in [0.4, 0.5) is 13.2 Å². The minimum atomic E-state index is -5.08. The Balaban J connectivity index is 0.000000242. The van der Waals surface area contributed by atoms with Gasteiger partial charge in [-0.25, -0.2) is 13.2 Å². The zero-order valence-corrected chi connectivity index (χ0v) is 14.8. The number of thiophene rings is 1. The zero-order chi connectivity index (χ0) is 19.1. The van der Waals surface area contributed by atoms with Crippen molar-refractivity contribution in [2.24, 2.45) is 0 Å². The van der Waals surface area contributed by atoms with Gasteiger partial charge < -0.3 is 10.4 Å². The Morgan fingerprint density at radius 2 is 1.88 bits per heavy atom. The SMILES string of the molecule is O=C(O)C(F)(F)F.O=S1(=O)c2ccc(-c3ccsc3)cc2C2CNCC21. The molecule has 1 aromatic heterocycles. The van der Waals surface area contributed by atoms with Crippen LogP contribution in [0.5, 0.6) is 0 Å². The molecule has 140 valence electrons. The molecule has 2 unspecified atom stereocenters. The predicted molar refractivity (Wildman–Crippen MR) is 90.0 cm³/mol. The van der Waals surface area contributed by atoms with E-state index in [2.05, 4.69) is 22.8 Å². The Hall–Kier alpha value is -1.91. The first-order valence-electron chi connectivity index (χ1n) is 7.53. The van der Waals surface area contributed by atoms with Crippen LogP contribution < -0.4 is 5.32 Å². The lowest BCUT2D eigenvalue weighted by Gasteiger charge is -2.07. The molecule has 0 saturated carbocycles. The zero-order valence-electron chi connectivity index (χ0n) is 13.2. The van der Waals surface area contributed by atoms with Gasteiger partial charge in [0.25, 0.3) is 0 Å². The molecule has 4 rings (SSSR count). The largest absolute Gasteiger partial charge is 0.490 e. The van der Waals surface area contributed by atoms with E-state index >= 15 is 0 Å². The molecule has 2 N–H and O–H groups in total. The number of carbonyl (C=O) groups is 1. The Kier molecular flexibility index (Phi) is 4.84. The van der Waals surface area contributed by atoms with Crippen molar-refractivity contribution in [2.75, 3.05) is 13.1 Å². The highest BCUT2D eigenvalue weighted by Gasteiger charge is 2.47. The van der Waals surface area contributed by atoms with Gasteiger partial charge in [-0.05, 0) is 45.6 Å². The van der Waals surface area contributed by atoms with Crippen molar-refractivity contribution < 1.29 is 31.5 Å². The molecule has 0 amide bonds. The number of hydrogen-bond acceptors (Lipinski definition) is 5. The Morgan fingerprint density at radius 1 is 1.19 bits per heavy atom. The van der Waals surface area contributed by atoms with Crippen molar-refractivity contribution in [3.8, 4) is 11.1 Å². The first kappa shape index (κ1) is 18.9. The number of benzene rings is 1. The highest BCUT2D eigenvalue weighted by molar-refractivity contribution is 7.92. The maximum absolute atomic E-state index is 12.4. The fourth-order valence-corrected chi connectivity index (χ4v) is 5.96. The molecule has 0 spiro atoms. The molecule has 0 aliphatic carbocycles. The summed E-state index contributed by atoms with van der Waals surface area (Å²) in [6.45, 7) is 1.35. The summed E-state index contributed by atoms with van der Waals surface area (Å²) in [5.74, 6) is -2.63. The fraction of sp³-hybridized carbons (Fsp3) is 0.312. The maximum Gasteiger partial charge on any atom is 0.490 e. The highest BCUT2D eigenvalue weighted by Crippen LogP contribution is 2.43. The van der Waals surface area contributed by atoms with E-state index in [0.29, 0.717) is 11.4 Å². The van der Waals surface area contributed by atoms with Crippen LogP contribution in [-0.2, 0) is 14.6 Å². The van der Waals surface area contributed by atoms with Gasteiger partial charge in [-0.3, -0.25) is 0 Å². The van der Waals surface area contributed by atoms with E-state index in [1.807, 2.05) is 11.4 Å². The normalized spacial score (nSPS) is 22.9. The Bertz CT molecular complexity index is 923. The van der Waals surface area contributed by atoms with Gasteiger partial charge in [-0.2, -0.15) is 24.5 Å². The number of rotatable bonds is 1. The minimum Gasteiger partial charge on any atom is -0.475 e. The van der Waals surface area contributed by atoms with E-state index in [-0.39, 0.29) is 11.2 Å². The first-order valence-corrected chi connectivity index (χ1v) is 10.0. The van der Waals surface area contributed by atoms with Crippen LogP contribution in [0.25, 0.3) is 11.1 Å². The van der Waals surface area contributed by atoms with E-state index < -0.39 is 22.0 Å².